The third kappa shape index (κ3) is 3.23. The number of aromatic nitrogens is 1. The molecule has 0 spiro atoms. The molecule has 0 aliphatic carbocycles. The van der Waals surface area contributed by atoms with E-state index in [0.29, 0.717) is 5.92 Å². The Kier molecular flexibility index (Phi) is 4.38. The van der Waals surface area contributed by atoms with E-state index in [2.05, 4.69) is 38.3 Å². The number of rotatable bonds is 5. The molecule has 1 aromatic carbocycles. The van der Waals surface area contributed by atoms with Crippen LogP contribution in [0.25, 0.3) is 11.3 Å². The van der Waals surface area contributed by atoms with Crippen LogP contribution < -0.4 is 5.73 Å². The van der Waals surface area contributed by atoms with Gasteiger partial charge in [0.25, 0.3) is 0 Å². The van der Waals surface area contributed by atoms with Crippen LogP contribution in [-0.2, 0) is 6.42 Å². The van der Waals surface area contributed by atoms with Crippen LogP contribution in [0.3, 0.4) is 0 Å². The first kappa shape index (κ1) is 14.2. The van der Waals surface area contributed by atoms with Crippen molar-refractivity contribution in [3.63, 3.8) is 0 Å². The molecule has 2 nitrogen and oxygen atoms in total. The van der Waals surface area contributed by atoms with E-state index in [9.17, 15) is 0 Å². The highest BCUT2D eigenvalue weighted by molar-refractivity contribution is 7.09. The predicted octanol–water partition coefficient (Wildman–Crippen LogP) is 4.12. The van der Waals surface area contributed by atoms with Gasteiger partial charge in [0.05, 0.1) is 10.7 Å². The molecule has 1 heterocycles. The normalized spacial score (nSPS) is 14.6. The summed E-state index contributed by atoms with van der Waals surface area (Å²) in [5.74, 6) is 0.460. The van der Waals surface area contributed by atoms with Crippen molar-refractivity contribution in [2.75, 3.05) is 0 Å². The lowest BCUT2D eigenvalue weighted by Gasteiger charge is -2.31. The Morgan fingerprint density at radius 3 is 2.53 bits per heavy atom. The van der Waals surface area contributed by atoms with Crippen LogP contribution in [-0.4, -0.2) is 10.5 Å². The zero-order valence-electron chi connectivity index (χ0n) is 11.9. The largest absolute Gasteiger partial charge is 0.324 e. The highest BCUT2D eigenvalue weighted by Gasteiger charge is 2.28. The molecular formula is C16H22N2S. The van der Waals surface area contributed by atoms with Crippen molar-refractivity contribution in [2.24, 2.45) is 11.7 Å². The van der Waals surface area contributed by atoms with Gasteiger partial charge in [0.15, 0.2) is 0 Å². The topological polar surface area (TPSA) is 38.9 Å². The molecule has 2 N–H and O–H groups in total. The van der Waals surface area contributed by atoms with Gasteiger partial charge in [-0.05, 0) is 12.3 Å². The Bertz CT molecular complexity index is 519. The van der Waals surface area contributed by atoms with Gasteiger partial charge >= 0.3 is 0 Å². The van der Waals surface area contributed by atoms with Gasteiger partial charge in [0.2, 0.25) is 0 Å². The summed E-state index contributed by atoms with van der Waals surface area (Å²) in [5, 5.41) is 3.26. The van der Waals surface area contributed by atoms with E-state index in [-0.39, 0.29) is 5.54 Å². The number of hydrogen-bond donors (Lipinski definition) is 1. The maximum atomic E-state index is 6.49. The molecule has 19 heavy (non-hydrogen) atoms. The second-order valence-electron chi connectivity index (χ2n) is 5.41. The Labute approximate surface area is 119 Å². The molecule has 0 bridgehead atoms. The Morgan fingerprint density at radius 2 is 1.95 bits per heavy atom. The first-order valence-electron chi connectivity index (χ1n) is 6.84. The molecule has 0 saturated carbocycles. The van der Waals surface area contributed by atoms with E-state index in [1.165, 1.54) is 5.56 Å². The van der Waals surface area contributed by atoms with Gasteiger partial charge in [0.1, 0.15) is 0 Å². The van der Waals surface area contributed by atoms with Gasteiger partial charge in [0, 0.05) is 22.9 Å². The molecule has 2 rings (SSSR count). The average molecular weight is 274 g/mol. The second kappa shape index (κ2) is 5.85. The van der Waals surface area contributed by atoms with Crippen molar-refractivity contribution >= 4 is 11.3 Å². The van der Waals surface area contributed by atoms with E-state index in [4.69, 9.17) is 10.7 Å². The molecule has 0 saturated heterocycles. The molecule has 0 radical (unpaired) electrons. The molecule has 1 aromatic heterocycles. The van der Waals surface area contributed by atoms with Crippen LogP contribution >= 0.6 is 11.3 Å². The van der Waals surface area contributed by atoms with Gasteiger partial charge in [-0.3, -0.25) is 0 Å². The smallest absolute Gasteiger partial charge is 0.0951 e. The van der Waals surface area contributed by atoms with E-state index in [0.717, 1.165) is 23.5 Å². The third-order valence-corrected chi connectivity index (χ3v) is 4.76. The summed E-state index contributed by atoms with van der Waals surface area (Å²) in [5.41, 5.74) is 8.57. The summed E-state index contributed by atoms with van der Waals surface area (Å²) in [7, 11) is 0. The van der Waals surface area contributed by atoms with E-state index >= 15 is 0 Å². The summed E-state index contributed by atoms with van der Waals surface area (Å²) in [6, 6.07) is 10.3. The molecule has 1 unspecified atom stereocenters. The van der Waals surface area contributed by atoms with Crippen molar-refractivity contribution in [1.29, 1.82) is 0 Å². The minimum atomic E-state index is -0.147. The summed E-state index contributed by atoms with van der Waals surface area (Å²) < 4.78 is 0. The van der Waals surface area contributed by atoms with Gasteiger partial charge in [-0.15, -0.1) is 11.3 Å². The molecule has 2 aromatic rings. The fourth-order valence-electron chi connectivity index (χ4n) is 2.15. The van der Waals surface area contributed by atoms with Gasteiger partial charge < -0.3 is 5.73 Å². The van der Waals surface area contributed by atoms with Crippen molar-refractivity contribution in [2.45, 2.75) is 39.2 Å². The molecule has 102 valence electrons. The third-order valence-electron chi connectivity index (χ3n) is 3.91. The number of nitrogens with zero attached hydrogens (tertiary/aromatic N) is 1. The lowest BCUT2D eigenvalue weighted by Crippen LogP contribution is -2.46. The van der Waals surface area contributed by atoms with E-state index in [1.807, 2.05) is 18.2 Å². The van der Waals surface area contributed by atoms with Gasteiger partial charge in [-0.2, -0.15) is 0 Å². The second-order valence-corrected chi connectivity index (χ2v) is 6.35. The standard InChI is InChI=1S/C16H22N2S/c1-4-16(17,12(2)3)10-15-18-14(11-19-15)13-8-6-5-7-9-13/h5-9,11-12H,4,10,17H2,1-3H3. The minimum Gasteiger partial charge on any atom is -0.324 e. The first-order chi connectivity index (χ1) is 9.05. The molecule has 0 aliphatic heterocycles. The molecular weight excluding hydrogens is 252 g/mol. The summed E-state index contributed by atoms with van der Waals surface area (Å²) in [4.78, 5) is 4.73. The molecule has 1 atom stereocenters. The lowest BCUT2D eigenvalue weighted by molar-refractivity contribution is 0.296. The number of hydrogen-bond acceptors (Lipinski definition) is 3. The number of nitrogens with two attached hydrogens (primary N) is 1. The SMILES string of the molecule is CCC(N)(Cc1nc(-c2ccccc2)cs1)C(C)C. The predicted molar refractivity (Wildman–Crippen MR) is 83.3 cm³/mol. The van der Waals surface area contributed by atoms with Crippen LogP contribution in [0, 0.1) is 5.92 Å². The van der Waals surface area contributed by atoms with Gasteiger partial charge in [-0.1, -0.05) is 51.1 Å². The van der Waals surface area contributed by atoms with Crippen LogP contribution in [0.4, 0.5) is 0 Å². The Balaban J connectivity index is 2.18. The van der Waals surface area contributed by atoms with Crippen molar-refractivity contribution in [3.8, 4) is 11.3 Å². The fraction of sp³-hybridized carbons (Fsp3) is 0.438. The highest BCUT2D eigenvalue weighted by Crippen LogP contribution is 2.27. The van der Waals surface area contributed by atoms with Crippen LogP contribution in [0.1, 0.15) is 32.2 Å². The summed E-state index contributed by atoms with van der Waals surface area (Å²) in [6.45, 7) is 6.54. The quantitative estimate of drug-likeness (QED) is 0.891. The number of thiazole rings is 1. The van der Waals surface area contributed by atoms with Crippen LogP contribution in [0.15, 0.2) is 35.7 Å². The number of benzene rings is 1. The maximum Gasteiger partial charge on any atom is 0.0951 e. The van der Waals surface area contributed by atoms with Crippen LogP contribution in [0.2, 0.25) is 0 Å². The maximum absolute atomic E-state index is 6.49. The van der Waals surface area contributed by atoms with Crippen molar-refractivity contribution in [1.82, 2.24) is 4.98 Å². The zero-order valence-corrected chi connectivity index (χ0v) is 12.7. The summed E-state index contributed by atoms with van der Waals surface area (Å²) >= 11 is 1.71. The average Bonchev–Trinajstić information content (AvgIpc) is 2.87. The highest BCUT2D eigenvalue weighted by atomic mass is 32.1. The Morgan fingerprint density at radius 1 is 1.26 bits per heavy atom. The minimum absolute atomic E-state index is 0.147. The zero-order chi connectivity index (χ0) is 13.9. The molecule has 0 aliphatic rings. The van der Waals surface area contributed by atoms with E-state index < -0.39 is 0 Å². The molecule has 0 fully saturated rings. The Hall–Kier alpha value is -1.19. The molecule has 0 amide bonds. The lowest BCUT2D eigenvalue weighted by atomic mass is 9.82. The van der Waals surface area contributed by atoms with E-state index in [1.54, 1.807) is 11.3 Å². The van der Waals surface area contributed by atoms with Gasteiger partial charge in [-0.25, -0.2) is 4.98 Å². The monoisotopic (exact) mass is 274 g/mol. The summed E-state index contributed by atoms with van der Waals surface area (Å²) in [6.07, 6.45) is 1.84. The molecule has 3 heteroatoms. The van der Waals surface area contributed by atoms with Crippen molar-refractivity contribution in [3.05, 3.63) is 40.7 Å². The van der Waals surface area contributed by atoms with Crippen molar-refractivity contribution < 1.29 is 0 Å². The first-order valence-corrected chi connectivity index (χ1v) is 7.72. The van der Waals surface area contributed by atoms with Crippen LogP contribution in [0.5, 0.6) is 0 Å². The fourth-order valence-corrected chi connectivity index (χ4v) is 3.09.